The van der Waals surface area contributed by atoms with Crippen molar-refractivity contribution >= 4 is 18.3 Å². The third-order valence-electron chi connectivity index (χ3n) is 2.77. The van der Waals surface area contributed by atoms with E-state index in [-0.39, 0.29) is 24.4 Å². The Morgan fingerprint density at radius 2 is 2.12 bits per heavy atom. The average molecular weight is 275 g/mol. The lowest BCUT2D eigenvalue weighted by Crippen LogP contribution is -2.48. The minimum absolute atomic E-state index is 0. The SMILES string of the molecule is CC1CNCCC1NC(=O)CCC(F)(F)F.Cl. The molecule has 3 nitrogen and oxygen atoms in total. The first-order valence-corrected chi connectivity index (χ1v) is 5.45. The number of carbonyl (C=O) groups excluding carboxylic acids is 1. The second-order valence-corrected chi connectivity index (χ2v) is 4.26. The summed E-state index contributed by atoms with van der Waals surface area (Å²) in [5.74, 6) is -0.236. The van der Waals surface area contributed by atoms with E-state index in [4.69, 9.17) is 0 Å². The maximum atomic E-state index is 11.9. The standard InChI is InChI=1S/C10H17F3N2O.ClH/c1-7-6-14-5-3-8(7)15-9(16)2-4-10(11,12)13;/h7-8,14H,2-6H2,1H3,(H,15,16);1H. The van der Waals surface area contributed by atoms with E-state index < -0.39 is 24.9 Å². The molecule has 2 atom stereocenters. The average Bonchev–Trinajstić information content (AvgIpc) is 2.18. The molecule has 0 radical (unpaired) electrons. The Labute approximate surface area is 105 Å². The number of carbonyl (C=O) groups is 1. The molecule has 1 rings (SSSR count). The van der Waals surface area contributed by atoms with E-state index in [0.717, 1.165) is 19.5 Å². The summed E-state index contributed by atoms with van der Waals surface area (Å²) in [7, 11) is 0. The predicted octanol–water partition coefficient (Wildman–Crippen LogP) is 1.86. The van der Waals surface area contributed by atoms with Crippen molar-refractivity contribution < 1.29 is 18.0 Å². The van der Waals surface area contributed by atoms with E-state index in [1.165, 1.54) is 0 Å². The summed E-state index contributed by atoms with van der Waals surface area (Å²) in [6, 6.07) is 0.00184. The van der Waals surface area contributed by atoms with Crippen LogP contribution in [-0.2, 0) is 4.79 Å². The molecule has 1 saturated heterocycles. The summed E-state index contributed by atoms with van der Waals surface area (Å²) in [5.41, 5.74) is 0. The zero-order valence-corrected chi connectivity index (χ0v) is 10.5. The Morgan fingerprint density at radius 3 is 2.65 bits per heavy atom. The minimum atomic E-state index is -4.25. The van der Waals surface area contributed by atoms with Crippen molar-refractivity contribution in [1.29, 1.82) is 0 Å². The van der Waals surface area contributed by atoms with Gasteiger partial charge in [0.1, 0.15) is 0 Å². The summed E-state index contributed by atoms with van der Waals surface area (Å²) >= 11 is 0. The fraction of sp³-hybridized carbons (Fsp3) is 0.900. The highest BCUT2D eigenvalue weighted by Crippen LogP contribution is 2.21. The highest BCUT2D eigenvalue weighted by Gasteiger charge is 2.29. The molecule has 0 saturated carbocycles. The molecule has 1 amide bonds. The van der Waals surface area contributed by atoms with E-state index >= 15 is 0 Å². The highest BCUT2D eigenvalue weighted by molar-refractivity contribution is 5.85. The molecule has 0 aromatic heterocycles. The van der Waals surface area contributed by atoms with Crippen LogP contribution in [0.4, 0.5) is 13.2 Å². The number of halogens is 4. The monoisotopic (exact) mass is 274 g/mol. The summed E-state index contributed by atoms with van der Waals surface area (Å²) < 4.78 is 35.6. The summed E-state index contributed by atoms with van der Waals surface area (Å²) in [6.45, 7) is 3.57. The third kappa shape index (κ3) is 6.73. The quantitative estimate of drug-likeness (QED) is 0.825. The zero-order chi connectivity index (χ0) is 12.2. The summed E-state index contributed by atoms with van der Waals surface area (Å²) in [4.78, 5) is 11.3. The van der Waals surface area contributed by atoms with Crippen molar-refractivity contribution in [2.75, 3.05) is 13.1 Å². The molecule has 7 heteroatoms. The fourth-order valence-electron chi connectivity index (χ4n) is 1.76. The molecule has 1 heterocycles. The van der Waals surface area contributed by atoms with Gasteiger partial charge in [-0.05, 0) is 25.4 Å². The van der Waals surface area contributed by atoms with Gasteiger partial charge in [0.05, 0.1) is 6.42 Å². The molecule has 0 spiro atoms. The Hall–Kier alpha value is -0.490. The Bertz CT molecular complexity index is 248. The van der Waals surface area contributed by atoms with Crippen molar-refractivity contribution in [2.45, 2.75) is 38.4 Å². The van der Waals surface area contributed by atoms with E-state index in [1.807, 2.05) is 6.92 Å². The largest absolute Gasteiger partial charge is 0.389 e. The van der Waals surface area contributed by atoms with Gasteiger partial charge in [-0.1, -0.05) is 6.92 Å². The molecule has 1 aliphatic rings. The fourth-order valence-corrected chi connectivity index (χ4v) is 1.76. The molecule has 1 aliphatic heterocycles. The van der Waals surface area contributed by atoms with E-state index in [2.05, 4.69) is 10.6 Å². The lowest BCUT2D eigenvalue weighted by molar-refractivity contribution is -0.144. The number of rotatable bonds is 3. The van der Waals surface area contributed by atoms with Crippen LogP contribution in [0, 0.1) is 5.92 Å². The molecule has 17 heavy (non-hydrogen) atoms. The van der Waals surface area contributed by atoms with Crippen LogP contribution in [0.15, 0.2) is 0 Å². The summed E-state index contributed by atoms with van der Waals surface area (Å²) in [5, 5.41) is 5.82. The Kier molecular flexibility index (Phi) is 6.85. The number of hydrogen-bond donors (Lipinski definition) is 2. The first-order chi connectivity index (χ1) is 7.38. The van der Waals surface area contributed by atoms with Gasteiger partial charge in [-0.3, -0.25) is 4.79 Å². The van der Waals surface area contributed by atoms with E-state index in [1.54, 1.807) is 0 Å². The maximum Gasteiger partial charge on any atom is 0.389 e. The third-order valence-corrected chi connectivity index (χ3v) is 2.77. The van der Waals surface area contributed by atoms with Crippen molar-refractivity contribution in [3.05, 3.63) is 0 Å². The topological polar surface area (TPSA) is 41.1 Å². The molecular weight excluding hydrogens is 257 g/mol. The predicted molar refractivity (Wildman–Crippen MR) is 61.1 cm³/mol. The number of alkyl halides is 3. The van der Waals surface area contributed by atoms with Gasteiger partial charge in [0.25, 0.3) is 0 Å². The number of nitrogens with one attached hydrogen (secondary N) is 2. The Morgan fingerprint density at radius 1 is 1.47 bits per heavy atom. The van der Waals surface area contributed by atoms with Crippen LogP contribution in [0.25, 0.3) is 0 Å². The normalized spacial score (nSPS) is 24.9. The van der Waals surface area contributed by atoms with Gasteiger partial charge in [0.15, 0.2) is 0 Å². The van der Waals surface area contributed by atoms with Crippen molar-refractivity contribution in [3.8, 4) is 0 Å². The van der Waals surface area contributed by atoms with Gasteiger partial charge in [0.2, 0.25) is 5.91 Å². The zero-order valence-electron chi connectivity index (χ0n) is 9.64. The lowest BCUT2D eigenvalue weighted by atomic mass is 9.95. The summed E-state index contributed by atoms with van der Waals surface area (Å²) in [6.07, 6.45) is -4.99. The second kappa shape index (κ2) is 7.06. The molecule has 2 unspecified atom stereocenters. The van der Waals surface area contributed by atoms with Crippen LogP contribution in [0.3, 0.4) is 0 Å². The van der Waals surface area contributed by atoms with Crippen LogP contribution in [0.5, 0.6) is 0 Å². The first kappa shape index (κ1) is 16.5. The van der Waals surface area contributed by atoms with Crippen molar-refractivity contribution in [1.82, 2.24) is 10.6 Å². The molecular formula is C10H18ClF3N2O. The molecule has 0 bridgehead atoms. The molecule has 1 fully saturated rings. The molecule has 102 valence electrons. The molecule has 0 aromatic rings. The van der Waals surface area contributed by atoms with Crippen molar-refractivity contribution in [2.24, 2.45) is 5.92 Å². The van der Waals surface area contributed by atoms with Gasteiger partial charge in [-0.25, -0.2) is 0 Å². The van der Waals surface area contributed by atoms with Gasteiger partial charge in [-0.15, -0.1) is 12.4 Å². The first-order valence-electron chi connectivity index (χ1n) is 5.45. The maximum absolute atomic E-state index is 11.9. The number of hydrogen-bond acceptors (Lipinski definition) is 2. The van der Waals surface area contributed by atoms with Crippen LogP contribution in [0.2, 0.25) is 0 Å². The minimum Gasteiger partial charge on any atom is -0.353 e. The van der Waals surface area contributed by atoms with Crippen LogP contribution >= 0.6 is 12.4 Å². The van der Waals surface area contributed by atoms with Gasteiger partial charge in [0, 0.05) is 12.5 Å². The van der Waals surface area contributed by atoms with Crippen LogP contribution in [0.1, 0.15) is 26.2 Å². The molecule has 0 aromatic carbocycles. The van der Waals surface area contributed by atoms with Crippen LogP contribution in [-0.4, -0.2) is 31.2 Å². The second-order valence-electron chi connectivity index (χ2n) is 4.26. The van der Waals surface area contributed by atoms with Gasteiger partial charge < -0.3 is 10.6 Å². The number of piperidine rings is 1. The smallest absolute Gasteiger partial charge is 0.353 e. The van der Waals surface area contributed by atoms with Gasteiger partial charge in [-0.2, -0.15) is 13.2 Å². The van der Waals surface area contributed by atoms with Crippen molar-refractivity contribution in [3.63, 3.8) is 0 Å². The number of amides is 1. The van der Waals surface area contributed by atoms with E-state index in [0.29, 0.717) is 0 Å². The lowest BCUT2D eigenvalue weighted by Gasteiger charge is -2.30. The van der Waals surface area contributed by atoms with Crippen LogP contribution < -0.4 is 10.6 Å². The Balaban J connectivity index is 0.00000256. The van der Waals surface area contributed by atoms with Gasteiger partial charge >= 0.3 is 6.18 Å². The van der Waals surface area contributed by atoms with E-state index in [9.17, 15) is 18.0 Å². The highest BCUT2D eigenvalue weighted by atomic mass is 35.5. The molecule has 2 N–H and O–H groups in total. The molecule has 0 aliphatic carbocycles.